The summed E-state index contributed by atoms with van der Waals surface area (Å²) in [5.74, 6) is -1.63. The number of rotatable bonds is 10. The molecular weight excluding hydrogens is 422 g/mol. The van der Waals surface area contributed by atoms with Crippen LogP contribution in [-0.2, 0) is 19.1 Å². The average Bonchev–Trinajstić information content (AvgIpc) is 2.67. The zero-order valence-electron chi connectivity index (χ0n) is 18.9. The van der Waals surface area contributed by atoms with E-state index in [4.69, 9.17) is 10.5 Å². The van der Waals surface area contributed by atoms with Gasteiger partial charge in [0.1, 0.15) is 6.61 Å². The topological polar surface area (TPSA) is 105 Å². The number of anilines is 2. The van der Waals surface area contributed by atoms with E-state index in [0.717, 1.165) is 0 Å². The maximum Gasteiger partial charge on any atom is 0.265 e. The molecule has 3 amide bonds. The molecule has 1 heterocycles. The molecule has 0 aliphatic carbocycles. The van der Waals surface area contributed by atoms with Crippen molar-refractivity contribution in [1.82, 2.24) is 4.90 Å². The Morgan fingerprint density at radius 3 is 2.31 bits per heavy atom. The normalized spacial score (nSPS) is 15.7. The molecule has 1 fully saturated rings. The second-order valence-electron chi connectivity index (χ2n) is 8.71. The lowest BCUT2D eigenvalue weighted by molar-refractivity contribution is -0.133. The van der Waals surface area contributed by atoms with Gasteiger partial charge >= 0.3 is 0 Å². The van der Waals surface area contributed by atoms with E-state index < -0.39 is 29.8 Å². The Hall–Kier alpha value is -2.59. The number of halogens is 2. The van der Waals surface area contributed by atoms with Crippen molar-refractivity contribution < 1.29 is 27.9 Å². The fourth-order valence-electron chi connectivity index (χ4n) is 3.70. The first-order chi connectivity index (χ1) is 15.0. The summed E-state index contributed by atoms with van der Waals surface area (Å²) in [6, 6.07) is 2.66. The molecule has 0 unspecified atom stereocenters. The zero-order valence-corrected chi connectivity index (χ0v) is 18.9. The van der Waals surface area contributed by atoms with Crippen LogP contribution in [0.15, 0.2) is 18.2 Å². The van der Waals surface area contributed by atoms with Gasteiger partial charge in [0.05, 0.1) is 6.61 Å². The predicted molar refractivity (Wildman–Crippen MR) is 117 cm³/mol. The number of benzene rings is 1. The molecule has 0 spiro atoms. The van der Waals surface area contributed by atoms with Crippen molar-refractivity contribution in [2.24, 2.45) is 17.6 Å². The summed E-state index contributed by atoms with van der Waals surface area (Å²) >= 11 is 0. The van der Waals surface area contributed by atoms with Gasteiger partial charge in [0.2, 0.25) is 5.91 Å². The van der Waals surface area contributed by atoms with Crippen molar-refractivity contribution in [3.8, 4) is 0 Å². The number of carbonyl (C=O) groups is 3. The SMILES string of the molecule is CC(C)CN(CC(C)C)[C@H](C(N)=O)C(=O)Nc1ccc(N2CCOCC2=O)cc1C(F)F. The van der Waals surface area contributed by atoms with Gasteiger partial charge in [-0.05, 0) is 30.0 Å². The Morgan fingerprint density at radius 2 is 1.81 bits per heavy atom. The van der Waals surface area contributed by atoms with Crippen LogP contribution in [0.2, 0.25) is 0 Å². The lowest BCUT2D eigenvalue weighted by Gasteiger charge is -2.31. The summed E-state index contributed by atoms with van der Waals surface area (Å²) < 4.78 is 32.7. The van der Waals surface area contributed by atoms with E-state index in [-0.39, 0.29) is 36.6 Å². The smallest absolute Gasteiger partial charge is 0.265 e. The number of carbonyl (C=O) groups excluding carboxylic acids is 3. The van der Waals surface area contributed by atoms with E-state index >= 15 is 0 Å². The summed E-state index contributed by atoms with van der Waals surface area (Å²) in [7, 11) is 0. The first-order valence-electron chi connectivity index (χ1n) is 10.7. The highest BCUT2D eigenvalue weighted by Gasteiger charge is 2.33. The summed E-state index contributed by atoms with van der Waals surface area (Å²) in [6.45, 7) is 9.11. The van der Waals surface area contributed by atoms with Crippen LogP contribution in [-0.4, -0.2) is 61.5 Å². The second kappa shape index (κ2) is 11.3. The molecule has 32 heavy (non-hydrogen) atoms. The fourth-order valence-corrected chi connectivity index (χ4v) is 3.70. The lowest BCUT2D eigenvalue weighted by atomic mass is 10.1. The molecule has 1 aliphatic rings. The zero-order chi connectivity index (χ0) is 24.0. The second-order valence-corrected chi connectivity index (χ2v) is 8.71. The van der Waals surface area contributed by atoms with Crippen LogP contribution in [0.1, 0.15) is 39.7 Å². The summed E-state index contributed by atoms with van der Waals surface area (Å²) in [6.07, 6.45) is -2.91. The van der Waals surface area contributed by atoms with E-state index in [2.05, 4.69) is 5.32 Å². The van der Waals surface area contributed by atoms with E-state index in [1.807, 2.05) is 27.7 Å². The first-order valence-corrected chi connectivity index (χ1v) is 10.7. The molecule has 1 saturated heterocycles. The Labute approximate surface area is 187 Å². The van der Waals surface area contributed by atoms with Crippen LogP contribution in [0.25, 0.3) is 0 Å². The minimum absolute atomic E-state index is 0.121. The molecule has 0 aromatic heterocycles. The van der Waals surface area contributed by atoms with Crippen LogP contribution in [0.4, 0.5) is 20.2 Å². The Kier molecular flexibility index (Phi) is 9.09. The van der Waals surface area contributed by atoms with Gasteiger partial charge in [0, 0.05) is 36.6 Å². The van der Waals surface area contributed by atoms with E-state index in [9.17, 15) is 23.2 Å². The van der Waals surface area contributed by atoms with Crippen LogP contribution in [0.3, 0.4) is 0 Å². The third kappa shape index (κ3) is 6.70. The quantitative estimate of drug-likeness (QED) is 0.528. The number of amides is 3. The largest absolute Gasteiger partial charge is 0.370 e. The molecule has 2 rings (SSSR count). The highest BCUT2D eigenvalue weighted by molar-refractivity contribution is 6.10. The molecule has 1 aromatic rings. The molecular formula is C22H32F2N4O4. The van der Waals surface area contributed by atoms with Crippen molar-refractivity contribution in [1.29, 1.82) is 0 Å². The molecule has 10 heteroatoms. The van der Waals surface area contributed by atoms with E-state index in [1.165, 1.54) is 23.1 Å². The van der Waals surface area contributed by atoms with Gasteiger partial charge < -0.3 is 20.7 Å². The van der Waals surface area contributed by atoms with Gasteiger partial charge in [-0.25, -0.2) is 8.78 Å². The number of alkyl halides is 2. The van der Waals surface area contributed by atoms with E-state index in [0.29, 0.717) is 25.4 Å². The minimum Gasteiger partial charge on any atom is -0.370 e. The van der Waals surface area contributed by atoms with Gasteiger partial charge in [-0.2, -0.15) is 0 Å². The number of ether oxygens (including phenoxy) is 1. The standard InChI is InChI=1S/C22H32F2N4O4/c1-13(2)10-27(11-14(3)4)19(21(25)30)22(31)26-17-6-5-15(9-16(17)20(23)24)28-7-8-32-12-18(28)29/h5-6,9,13-14,19-20H,7-8,10-12H2,1-4H3,(H2,25,30)(H,26,31)/t19-/m1/s1. The molecule has 1 aliphatic heterocycles. The third-order valence-corrected chi connectivity index (χ3v) is 4.91. The molecule has 0 saturated carbocycles. The Balaban J connectivity index is 2.32. The summed E-state index contributed by atoms with van der Waals surface area (Å²) in [5, 5.41) is 2.45. The predicted octanol–water partition coefficient (Wildman–Crippen LogP) is 2.39. The van der Waals surface area contributed by atoms with E-state index in [1.54, 1.807) is 4.90 Å². The van der Waals surface area contributed by atoms with Crippen LogP contribution in [0, 0.1) is 11.8 Å². The highest BCUT2D eigenvalue weighted by Crippen LogP contribution is 2.32. The first kappa shape index (κ1) is 25.7. The maximum atomic E-state index is 13.8. The van der Waals surface area contributed by atoms with Gasteiger partial charge in [0.15, 0.2) is 6.04 Å². The molecule has 1 aromatic carbocycles. The number of nitrogens with two attached hydrogens (primary N) is 1. The lowest BCUT2D eigenvalue weighted by Crippen LogP contribution is -2.54. The van der Waals surface area contributed by atoms with Crippen molar-refractivity contribution >= 4 is 29.1 Å². The third-order valence-electron chi connectivity index (χ3n) is 4.91. The number of nitrogens with zero attached hydrogens (tertiary/aromatic N) is 2. The van der Waals surface area contributed by atoms with Crippen LogP contribution >= 0.6 is 0 Å². The molecule has 0 radical (unpaired) electrons. The van der Waals surface area contributed by atoms with Crippen molar-refractivity contribution in [3.05, 3.63) is 23.8 Å². The van der Waals surface area contributed by atoms with Gasteiger partial charge in [0.25, 0.3) is 18.2 Å². The maximum absolute atomic E-state index is 13.8. The summed E-state index contributed by atoms with van der Waals surface area (Å²) in [4.78, 5) is 40.2. The number of morpholine rings is 1. The van der Waals surface area contributed by atoms with Gasteiger partial charge in [-0.1, -0.05) is 27.7 Å². The highest BCUT2D eigenvalue weighted by atomic mass is 19.3. The number of hydrogen-bond acceptors (Lipinski definition) is 5. The van der Waals surface area contributed by atoms with Crippen molar-refractivity contribution in [3.63, 3.8) is 0 Å². The monoisotopic (exact) mass is 454 g/mol. The molecule has 178 valence electrons. The average molecular weight is 455 g/mol. The summed E-state index contributed by atoms with van der Waals surface area (Å²) in [5.41, 5.74) is 5.25. The molecule has 1 atom stereocenters. The van der Waals surface area contributed by atoms with Gasteiger partial charge in [-0.15, -0.1) is 0 Å². The number of nitrogens with one attached hydrogen (secondary N) is 1. The van der Waals surface area contributed by atoms with Crippen LogP contribution < -0.4 is 16.0 Å². The Bertz CT molecular complexity index is 822. The fraction of sp³-hybridized carbons (Fsp3) is 0.591. The number of hydrogen-bond donors (Lipinski definition) is 2. The molecule has 8 nitrogen and oxygen atoms in total. The van der Waals surface area contributed by atoms with Crippen LogP contribution in [0.5, 0.6) is 0 Å². The van der Waals surface area contributed by atoms with Crippen molar-refractivity contribution in [2.45, 2.75) is 40.2 Å². The molecule has 3 N–H and O–H groups in total. The molecule has 0 bridgehead atoms. The Morgan fingerprint density at radius 1 is 1.19 bits per heavy atom. The van der Waals surface area contributed by atoms with Gasteiger partial charge in [-0.3, -0.25) is 19.3 Å². The number of primary amides is 1. The minimum atomic E-state index is -2.91. The van der Waals surface area contributed by atoms with Crippen molar-refractivity contribution in [2.75, 3.05) is 43.1 Å².